The van der Waals surface area contributed by atoms with Crippen LogP contribution in [0.1, 0.15) is 10.4 Å². The van der Waals surface area contributed by atoms with Gasteiger partial charge in [-0.15, -0.1) is 0 Å². The fraction of sp³-hybridized carbons (Fsp3) is 0. The van der Waals surface area contributed by atoms with Gasteiger partial charge in [-0.25, -0.2) is 8.42 Å². The molecular weight excluding hydrogens is 426 g/mol. The molecule has 0 fully saturated rings. The number of carbonyl (C=O) groups excluding carboxylic acids is 1. The highest BCUT2D eigenvalue weighted by Crippen LogP contribution is 2.48. The van der Waals surface area contributed by atoms with Gasteiger partial charge in [0, 0.05) is 15.4 Å². The lowest BCUT2D eigenvalue weighted by Gasteiger charge is -2.31. The van der Waals surface area contributed by atoms with Crippen molar-refractivity contribution >= 4 is 38.9 Å². The molecule has 1 heterocycles. The number of carbonyl (C=O) groups is 1. The van der Waals surface area contributed by atoms with Crippen molar-refractivity contribution in [3.63, 3.8) is 0 Å². The number of fused-ring (bicyclic) bond motifs is 2. The molecular formula is C25H17NO3S2. The Morgan fingerprint density at radius 2 is 1.10 bits per heavy atom. The third-order valence-corrected chi connectivity index (χ3v) is 8.02. The second-order valence-electron chi connectivity index (χ2n) is 7.02. The van der Waals surface area contributed by atoms with Crippen LogP contribution < -0.4 is 4.90 Å². The van der Waals surface area contributed by atoms with Crippen molar-refractivity contribution in [1.82, 2.24) is 0 Å². The summed E-state index contributed by atoms with van der Waals surface area (Å²) in [6, 6.07) is 29.9. The molecule has 4 aromatic carbocycles. The molecule has 1 amide bonds. The largest absolute Gasteiger partial charge is 0.275 e. The smallest absolute Gasteiger partial charge is 0.262 e. The van der Waals surface area contributed by atoms with E-state index in [0.29, 0.717) is 5.56 Å². The lowest BCUT2D eigenvalue weighted by molar-refractivity contribution is 0.0998. The van der Waals surface area contributed by atoms with Crippen LogP contribution in [0.4, 0.5) is 11.4 Å². The number of sulfone groups is 1. The first-order chi connectivity index (χ1) is 15.1. The Morgan fingerprint density at radius 1 is 0.613 bits per heavy atom. The maximum atomic E-state index is 13.5. The van der Waals surface area contributed by atoms with Gasteiger partial charge in [-0.3, -0.25) is 9.69 Å². The molecule has 1 aliphatic rings. The lowest BCUT2D eigenvalue weighted by atomic mass is 10.1. The molecule has 0 saturated carbocycles. The first-order valence-electron chi connectivity index (χ1n) is 9.66. The highest BCUT2D eigenvalue weighted by molar-refractivity contribution is 7.99. The molecule has 0 spiro atoms. The van der Waals surface area contributed by atoms with Gasteiger partial charge in [0.25, 0.3) is 5.91 Å². The Kier molecular flexibility index (Phi) is 4.88. The van der Waals surface area contributed by atoms with Crippen molar-refractivity contribution in [2.45, 2.75) is 19.6 Å². The average Bonchev–Trinajstić information content (AvgIpc) is 2.82. The number of rotatable bonds is 3. The lowest BCUT2D eigenvalue weighted by Crippen LogP contribution is -2.28. The molecule has 0 saturated heterocycles. The minimum atomic E-state index is -3.63. The molecule has 0 unspecified atom stereocenters. The van der Waals surface area contributed by atoms with Gasteiger partial charge in [-0.1, -0.05) is 54.2 Å². The van der Waals surface area contributed by atoms with Crippen LogP contribution in [0.5, 0.6) is 0 Å². The Hall–Kier alpha value is -3.35. The van der Waals surface area contributed by atoms with Crippen LogP contribution in [0.2, 0.25) is 0 Å². The molecule has 0 atom stereocenters. The number of para-hydroxylation sites is 2. The van der Waals surface area contributed by atoms with E-state index in [9.17, 15) is 13.2 Å². The quantitative estimate of drug-likeness (QED) is 0.392. The number of hydrogen-bond acceptors (Lipinski definition) is 4. The predicted octanol–water partition coefficient (Wildman–Crippen LogP) is 5.96. The van der Waals surface area contributed by atoms with Crippen LogP contribution in [0.3, 0.4) is 0 Å². The molecule has 5 rings (SSSR count). The molecule has 152 valence electrons. The minimum Gasteiger partial charge on any atom is -0.275 e. The van der Waals surface area contributed by atoms with Crippen LogP contribution in [0.15, 0.2) is 123 Å². The van der Waals surface area contributed by atoms with E-state index < -0.39 is 9.84 Å². The van der Waals surface area contributed by atoms with Crippen molar-refractivity contribution in [3.05, 3.63) is 109 Å². The first-order valence-corrected chi connectivity index (χ1v) is 12.0. The second-order valence-corrected chi connectivity index (χ2v) is 10.1. The van der Waals surface area contributed by atoms with Crippen molar-refractivity contribution in [3.8, 4) is 0 Å². The van der Waals surface area contributed by atoms with Crippen LogP contribution in [-0.4, -0.2) is 14.3 Å². The molecule has 31 heavy (non-hydrogen) atoms. The van der Waals surface area contributed by atoms with Crippen molar-refractivity contribution < 1.29 is 13.2 Å². The molecule has 4 nitrogen and oxygen atoms in total. The predicted molar refractivity (Wildman–Crippen MR) is 122 cm³/mol. The van der Waals surface area contributed by atoms with E-state index in [1.807, 2.05) is 48.5 Å². The molecule has 0 aromatic heterocycles. The highest BCUT2D eigenvalue weighted by Gasteiger charge is 2.29. The first kappa shape index (κ1) is 19.6. The van der Waals surface area contributed by atoms with Gasteiger partial charge >= 0.3 is 0 Å². The average molecular weight is 444 g/mol. The van der Waals surface area contributed by atoms with E-state index in [-0.39, 0.29) is 15.7 Å². The maximum Gasteiger partial charge on any atom is 0.262 e. The number of hydrogen-bond donors (Lipinski definition) is 0. The van der Waals surface area contributed by atoms with Gasteiger partial charge in [0.05, 0.1) is 21.2 Å². The van der Waals surface area contributed by atoms with Gasteiger partial charge < -0.3 is 0 Å². The Morgan fingerprint density at radius 3 is 1.68 bits per heavy atom. The number of anilines is 2. The van der Waals surface area contributed by atoms with Gasteiger partial charge in [-0.05, 0) is 60.7 Å². The topological polar surface area (TPSA) is 54.5 Å². The van der Waals surface area contributed by atoms with Gasteiger partial charge in [0.1, 0.15) is 0 Å². The molecule has 4 aromatic rings. The molecule has 1 aliphatic heterocycles. The van der Waals surface area contributed by atoms with Crippen molar-refractivity contribution in [2.75, 3.05) is 4.90 Å². The van der Waals surface area contributed by atoms with Gasteiger partial charge in [0.15, 0.2) is 0 Å². The zero-order chi connectivity index (χ0) is 21.4. The van der Waals surface area contributed by atoms with Gasteiger partial charge in [0.2, 0.25) is 9.84 Å². The summed E-state index contributed by atoms with van der Waals surface area (Å²) in [6.45, 7) is 0. The highest BCUT2D eigenvalue weighted by atomic mass is 32.2. The molecule has 0 aliphatic carbocycles. The van der Waals surface area contributed by atoms with Crippen LogP contribution in [0, 0.1) is 0 Å². The number of benzene rings is 4. The van der Waals surface area contributed by atoms with E-state index in [2.05, 4.69) is 0 Å². The minimum absolute atomic E-state index is 0.158. The van der Waals surface area contributed by atoms with E-state index in [4.69, 9.17) is 0 Å². The number of amides is 1. The molecule has 0 radical (unpaired) electrons. The summed E-state index contributed by atoms with van der Waals surface area (Å²) in [5.74, 6) is -0.205. The summed E-state index contributed by atoms with van der Waals surface area (Å²) in [7, 11) is -3.63. The van der Waals surface area contributed by atoms with Crippen molar-refractivity contribution in [1.29, 1.82) is 0 Å². The third kappa shape index (κ3) is 3.44. The summed E-state index contributed by atoms with van der Waals surface area (Å²) in [4.78, 5) is 17.6. The SMILES string of the molecule is O=C(c1ccc(S(=O)(=O)c2ccccc2)cc1)N1c2ccccc2Sc2ccccc21. The molecule has 0 N–H and O–H groups in total. The van der Waals surface area contributed by atoms with E-state index in [0.717, 1.165) is 21.2 Å². The normalized spacial score (nSPS) is 12.7. The molecule has 0 bridgehead atoms. The zero-order valence-electron chi connectivity index (χ0n) is 16.3. The summed E-state index contributed by atoms with van der Waals surface area (Å²) in [6.07, 6.45) is 0. The summed E-state index contributed by atoms with van der Waals surface area (Å²) >= 11 is 1.63. The van der Waals surface area contributed by atoms with Gasteiger partial charge in [-0.2, -0.15) is 0 Å². The standard InChI is InChI=1S/C25H17NO3S2/c27-25(18-14-16-20(17-15-18)31(28,29)19-8-2-1-3-9-19)26-21-10-4-6-12-23(21)30-24-13-7-5-11-22(24)26/h1-17H. The Bertz CT molecular complexity index is 1340. The Balaban J connectivity index is 1.54. The van der Waals surface area contributed by atoms with E-state index in [1.54, 1.807) is 59.1 Å². The molecule has 6 heteroatoms. The summed E-state index contributed by atoms with van der Waals surface area (Å²) < 4.78 is 25.7. The zero-order valence-corrected chi connectivity index (χ0v) is 17.9. The summed E-state index contributed by atoms with van der Waals surface area (Å²) in [5, 5.41) is 0. The second kappa shape index (κ2) is 7.72. The monoisotopic (exact) mass is 443 g/mol. The third-order valence-electron chi connectivity index (χ3n) is 5.10. The van der Waals surface area contributed by atoms with Crippen LogP contribution in [0.25, 0.3) is 0 Å². The Labute approximate surface area is 185 Å². The van der Waals surface area contributed by atoms with Crippen LogP contribution in [-0.2, 0) is 9.84 Å². The van der Waals surface area contributed by atoms with E-state index in [1.165, 1.54) is 12.1 Å². The maximum absolute atomic E-state index is 13.5. The summed E-state index contributed by atoms with van der Waals surface area (Å²) in [5.41, 5.74) is 2.05. The van der Waals surface area contributed by atoms with E-state index >= 15 is 0 Å². The fourth-order valence-corrected chi connectivity index (χ4v) is 5.90. The van der Waals surface area contributed by atoms with Crippen molar-refractivity contribution in [2.24, 2.45) is 0 Å². The van der Waals surface area contributed by atoms with Crippen LogP contribution >= 0.6 is 11.8 Å². The number of nitrogens with zero attached hydrogens (tertiary/aromatic N) is 1. The fourth-order valence-electron chi connectivity index (χ4n) is 3.56.